The summed E-state index contributed by atoms with van der Waals surface area (Å²) in [6.07, 6.45) is 7.10. The third-order valence-electron chi connectivity index (χ3n) is 6.61. The van der Waals surface area contributed by atoms with Crippen molar-refractivity contribution in [2.45, 2.75) is 26.0 Å². The number of rotatable bonds is 6. The van der Waals surface area contributed by atoms with Gasteiger partial charge in [-0.3, -0.25) is 14.6 Å². The fraction of sp³-hybridized carbons (Fsp3) is 0.231. The van der Waals surface area contributed by atoms with Crippen molar-refractivity contribution >= 4 is 22.6 Å². The summed E-state index contributed by atoms with van der Waals surface area (Å²) in [5.41, 5.74) is 3.64. The molecule has 0 spiro atoms. The van der Waals surface area contributed by atoms with E-state index in [2.05, 4.69) is 35.0 Å². The first-order valence-corrected chi connectivity index (χ1v) is 12.2. The van der Waals surface area contributed by atoms with E-state index in [0.717, 1.165) is 17.0 Å². The van der Waals surface area contributed by atoms with Gasteiger partial charge in [-0.2, -0.15) is 0 Å². The van der Waals surface area contributed by atoms with Gasteiger partial charge in [0, 0.05) is 24.5 Å². The number of H-pyrrole nitrogens is 1. The van der Waals surface area contributed by atoms with Gasteiger partial charge >= 0.3 is 0 Å². The summed E-state index contributed by atoms with van der Waals surface area (Å²) in [5, 5.41) is 14.4. The van der Waals surface area contributed by atoms with E-state index in [1.807, 2.05) is 18.2 Å². The van der Waals surface area contributed by atoms with E-state index in [4.69, 9.17) is 4.74 Å². The topological polar surface area (TPSA) is 165 Å². The van der Waals surface area contributed by atoms with Crippen LogP contribution in [0, 0.1) is 0 Å². The number of methoxy groups -OCH3 is 1. The summed E-state index contributed by atoms with van der Waals surface area (Å²) in [4.78, 5) is 53.1. The maximum atomic E-state index is 13.5. The Balaban J connectivity index is 1.32. The minimum atomic E-state index is -0.863. The Hall–Kier alpha value is -5.04. The second-order valence-electron chi connectivity index (χ2n) is 8.99. The van der Waals surface area contributed by atoms with E-state index >= 15 is 0 Å². The van der Waals surface area contributed by atoms with E-state index in [9.17, 15) is 14.7 Å². The van der Waals surface area contributed by atoms with Gasteiger partial charge in [-0.05, 0) is 25.5 Å². The number of ketones is 1. The Morgan fingerprint density at radius 2 is 2.03 bits per heavy atom. The molecule has 0 radical (unpaired) electrons. The van der Waals surface area contributed by atoms with Crippen molar-refractivity contribution in [1.29, 1.82) is 0 Å². The van der Waals surface area contributed by atoms with Crippen LogP contribution in [0.2, 0.25) is 0 Å². The zero-order valence-corrected chi connectivity index (χ0v) is 21.1. The molecule has 13 heteroatoms. The molecule has 5 aromatic heterocycles. The summed E-state index contributed by atoms with van der Waals surface area (Å²) in [6.45, 7) is 2.06. The van der Waals surface area contributed by atoms with Crippen LogP contribution < -0.4 is 4.74 Å². The van der Waals surface area contributed by atoms with Gasteiger partial charge in [0.05, 0.1) is 53.4 Å². The smallest absolute Gasteiger partial charge is 0.295 e. The van der Waals surface area contributed by atoms with Crippen molar-refractivity contribution in [2.75, 3.05) is 13.7 Å². The number of pyridine rings is 2. The molecule has 2 N–H and O–H groups in total. The van der Waals surface area contributed by atoms with Crippen LogP contribution in [0.4, 0.5) is 0 Å². The van der Waals surface area contributed by atoms with Crippen LogP contribution >= 0.6 is 0 Å². The average Bonchev–Trinajstić information content (AvgIpc) is 3.64. The number of aromatic nitrogens is 8. The second kappa shape index (κ2) is 9.68. The number of Topliss-reactive ketones (excluding diaryl/α,β-unsaturated/α-hetero) is 1. The molecule has 0 aliphatic carbocycles. The molecule has 0 aromatic carbocycles. The lowest BCUT2D eigenvalue weighted by Gasteiger charge is -2.28. The minimum Gasteiger partial charge on any atom is -0.494 e. The van der Waals surface area contributed by atoms with Crippen molar-refractivity contribution in [3.63, 3.8) is 0 Å². The highest BCUT2D eigenvalue weighted by Crippen LogP contribution is 2.32. The first kappa shape index (κ1) is 24.3. The first-order valence-electron chi connectivity index (χ1n) is 12.2. The highest BCUT2D eigenvalue weighted by Gasteiger charge is 2.31. The Morgan fingerprint density at radius 1 is 1.15 bits per heavy atom. The van der Waals surface area contributed by atoms with Crippen LogP contribution in [-0.2, 0) is 17.8 Å². The first-order chi connectivity index (χ1) is 19.0. The van der Waals surface area contributed by atoms with Crippen molar-refractivity contribution < 1.29 is 19.4 Å². The lowest BCUT2D eigenvalue weighted by molar-refractivity contribution is -0.127. The number of nitrogens with one attached hydrogen (secondary N) is 1. The molecule has 1 atom stereocenters. The van der Waals surface area contributed by atoms with Gasteiger partial charge in [-0.1, -0.05) is 6.07 Å². The maximum Gasteiger partial charge on any atom is 0.295 e. The van der Waals surface area contributed by atoms with Crippen LogP contribution in [-0.4, -0.2) is 75.0 Å². The molecule has 1 unspecified atom stereocenters. The number of hydrogen-bond donors (Lipinski definition) is 2. The van der Waals surface area contributed by atoms with E-state index in [1.54, 1.807) is 13.1 Å². The number of aromatic amines is 1. The molecule has 6 heterocycles. The number of aliphatic hydroxyl groups excluding tert-OH is 1. The van der Waals surface area contributed by atoms with Crippen molar-refractivity contribution in [3.8, 4) is 23.0 Å². The second-order valence-corrected chi connectivity index (χ2v) is 8.99. The van der Waals surface area contributed by atoms with E-state index < -0.39 is 17.8 Å². The molecule has 0 saturated heterocycles. The molecule has 0 bridgehead atoms. The fourth-order valence-electron chi connectivity index (χ4n) is 4.69. The summed E-state index contributed by atoms with van der Waals surface area (Å²) in [6, 6.07) is 5.60. The van der Waals surface area contributed by atoms with E-state index in [0.29, 0.717) is 41.1 Å². The number of ether oxygens (including phenoxy) is 1. The highest BCUT2D eigenvalue weighted by molar-refractivity contribution is 6.45. The number of carbonyl (C=O) groups is 2. The van der Waals surface area contributed by atoms with Crippen LogP contribution in [0.5, 0.6) is 5.75 Å². The zero-order valence-electron chi connectivity index (χ0n) is 21.1. The van der Waals surface area contributed by atoms with E-state index in [1.165, 1.54) is 41.7 Å². The molecule has 1 aliphatic heterocycles. The lowest BCUT2D eigenvalue weighted by Crippen LogP contribution is -2.40. The molecule has 5 aromatic rings. The highest BCUT2D eigenvalue weighted by atomic mass is 16.5. The molecule has 1 aliphatic rings. The minimum absolute atomic E-state index is 0.147. The van der Waals surface area contributed by atoms with Crippen LogP contribution in [0.3, 0.4) is 0 Å². The monoisotopic (exact) mass is 525 g/mol. The number of amides is 1. The third-order valence-corrected chi connectivity index (χ3v) is 6.61. The van der Waals surface area contributed by atoms with Gasteiger partial charge < -0.3 is 19.7 Å². The largest absolute Gasteiger partial charge is 0.494 e. The molecule has 39 heavy (non-hydrogen) atoms. The van der Waals surface area contributed by atoms with Crippen molar-refractivity contribution in [3.05, 3.63) is 72.1 Å². The summed E-state index contributed by atoms with van der Waals surface area (Å²) >= 11 is 0. The Kier molecular flexibility index (Phi) is 6.04. The predicted molar refractivity (Wildman–Crippen MR) is 137 cm³/mol. The summed E-state index contributed by atoms with van der Waals surface area (Å²) < 4.78 is 6.86. The van der Waals surface area contributed by atoms with Crippen LogP contribution in [0.15, 0.2) is 49.4 Å². The van der Waals surface area contributed by atoms with Gasteiger partial charge in [-0.15, -0.1) is 5.10 Å². The summed E-state index contributed by atoms with van der Waals surface area (Å²) in [7, 11) is 1.46. The number of carbonyl (C=O) groups excluding carboxylic acids is 2. The number of hydrogen-bond acceptors (Lipinski definition) is 10. The molecular formula is C26H23N9O4. The molecule has 13 nitrogen and oxygen atoms in total. The standard InChI is InChI=1S/C26H23N9O4/c1-14(36)24-32-13-35(33-24)25-22-20(19(39-2)10-29-25)16(9-28-22)23(37)26(38)34-8-6-15-18(11-34)30-12-31-21(15)17-5-3-4-7-27-17/h3-5,7,9-10,12-14,28,36H,6,8,11H2,1-2H3. The molecule has 0 fully saturated rings. The van der Waals surface area contributed by atoms with Gasteiger partial charge in [-0.25, -0.2) is 24.6 Å². The summed E-state index contributed by atoms with van der Waals surface area (Å²) in [5.74, 6) is -0.472. The zero-order chi connectivity index (χ0) is 27.1. The number of nitrogens with zero attached hydrogens (tertiary/aromatic N) is 8. The lowest BCUT2D eigenvalue weighted by atomic mass is 10.00. The fourth-order valence-corrected chi connectivity index (χ4v) is 4.69. The SMILES string of the molecule is COc1cnc(-n2cnc(C(C)O)n2)c2[nH]cc(C(=O)C(=O)N3CCc4c(ncnc4-c4ccccn4)C3)c12. The molecule has 0 saturated carbocycles. The molecule has 6 rings (SSSR count). The predicted octanol–water partition coefficient (Wildman–Crippen LogP) is 1.83. The molecular weight excluding hydrogens is 502 g/mol. The van der Waals surface area contributed by atoms with Gasteiger partial charge in [0.1, 0.15) is 24.5 Å². The number of fused-ring (bicyclic) bond motifs is 2. The Morgan fingerprint density at radius 3 is 2.77 bits per heavy atom. The van der Waals surface area contributed by atoms with Gasteiger partial charge in [0.2, 0.25) is 0 Å². The average molecular weight is 526 g/mol. The Labute approximate surface area is 221 Å². The van der Waals surface area contributed by atoms with Crippen molar-refractivity contribution in [2.24, 2.45) is 0 Å². The van der Waals surface area contributed by atoms with Gasteiger partial charge in [0.15, 0.2) is 11.6 Å². The number of aliphatic hydroxyl groups is 1. The van der Waals surface area contributed by atoms with Crippen molar-refractivity contribution in [1.82, 2.24) is 44.6 Å². The maximum absolute atomic E-state index is 13.5. The van der Waals surface area contributed by atoms with E-state index in [-0.39, 0.29) is 17.9 Å². The van der Waals surface area contributed by atoms with Crippen LogP contribution in [0.1, 0.15) is 40.5 Å². The quantitative estimate of drug-likeness (QED) is 0.247. The normalized spacial score (nSPS) is 13.8. The van der Waals surface area contributed by atoms with Crippen LogP contribution in [0.25, 0.3) is 28.1 Å². The third kappa shape index (κ3) is 4.18. The molecule has 196 valence electrons. The van der Waals surface area contributed by atoms with Gasteiger partial charge in [0.25, 0.3) is 11.7 Å². The molecule has 1 amide bonds. The Bertz CT molecular complexity index is 1710.